The monoisotopic (exact) mass is 361 g/mol. The van der Waals surface area contributed by atoms with Crippen LogP contribution in [-0.2, 0) is 13.0 Å². The summed E-state index contributed by atoms with van der Waals surface area (Å²) in [6.07, 6.45) is 5.68. The molecule has 6 nitrogen and oxygen atoms in total. The minimum Gasteiger partial charge on any atom is -0.345 e. The van der Waals surface area contributed by atoms with Crippen molar-refractivity contribution >= 4 is 17.1 Å². The lowest BCUT2D eigenvalue weighted by atomic mass is 10.1. The van der Waals surface area contributed by atoms with Crippen molar-refractivity contribution in [3.05, 3.63) is 89.4 Å². The lowest BCUT2D eigenvalue weighted by Crippen LogP contribution is -2.23. The van der Waals surface area contributed by atoms with Crippen LogP contribution in [0.5, 0.6) is 0 Å². The molecular weight excluding hydrogens is 345 g/mol. The molecule has 134 valence electrons. The van der Waals surface area contributed by atoms with Crippen molar-refractivity contribution in [1.29, 1.82) is 0 Å². The molecule has 0 atom stereocenters. The van der Waals surface area contributed by atoms with Gasteiger partial charge in [-0.05, 0) is 53.4 Å². The molecule has 1 aromatic carbocycles. The number of imidazole rings is 1. The number of amides is 1. The zero-order valence-corrected chi connectivity index (χ0v) is 14.3. The van der Waals surface area contributed by atoms with E-state index in [1.54, 1.807) is 30.7 Å². The lowest BCUT2D eigenvalue weighted by molar-refractivity contribution is 0.0941. The van der Waals surface area contributed by atoms with Gasteiger partial charge in [0.05, 0.1) is 5.52 Å². The molecule has 1 amide bonds. The molecule has 0 aliphatic heterocycles. The number of hydrogen-bond donors (Lipinski definition) is 2. The summed E-state index contributed by atoms with van der Waals surface area (Å²) in [7, 11) is 0. The van der Waals surface area contributed by atoms with E-state index in [1.165, 1.54) is 12.1 Å². The summed E-state index contributed by atoms with van der Waals surface area (Å²) >= 11 is 0. The van der Waals surface area contributed by atoms with Gasteiger partial charge in [-0.25, -0.2) is 14.4 Å². The third kappa shape index (κ3) is 3.98. The van der Waals surface area contributed by atoms with Gasteiger partial charge in [0.15, 0.2) is 11.5 Å². The zero-order chi connectivity index (χ0) is 18.6. The molecule has 27 heavy (non-hydrogen) atoms. The molecule has 3 aromatic heterocycles. The third-order valence-corrected chi connectivity index (χ3v) is 4.13. The van der Waals surface area contributed by atoms with Crippen molar-refractivity contribution in [2.24, 2.45) is 0 Å². The quantitative estimate of drug-likeness (QED) is 0.572. The molecule has 0 saturated heterocycles. The first-order chi connectivity index (χ1) is 13.2. The van der Waals surface area contributed by atoms with E-state index in [4.69, 9.17) is 0 Å². The Morgan fingerprint density at radius 1 is 1.04 bits per heavy atom. The van der Waals surface area contributed by atoms with E-state index in [0.717, 1.165) is 16.7 Å². The topological polar surface area (TPSA) is 83.6 Å². The fourth-order valence-corrected chi connectivity index (χ4v) is 2.75. The number of benzene rings is 1. The maximum absolute atomic E-state index is 13.0. The highest BCUT2D eigenvalue weighted by Crippen LogP contribution is 2.15. The summed E-state index contributed by atoms with van der Waals surface area (Å²) < 4.78 is 13.0. The highest BCUT2D eigenvalue weighted by molar-refractivity contribution is 5.93. The van der Waals surface area contributed by atoms with Crippen molar-refractivity contribution in [1.82, 2.24) is 25.3 Å². The van der Waals surface area contributed by atoms with Crippen molar-refractivity contribution in [2.75, 3.05) is 0 Å². The molecule has 0 spiro atoms. The number of aromatic nitrogens is 4. The Labute approximate surface area is 154 Å². The molecule has 0 aliphatic carbocycles. The molecule has 0 radical (unpaired) electrons. The van der Waals surface area contributed by atoms with Crippen LogP contribution in [0.4, 0.5) is 4.39 Å². The second-order valence-electron chi connectivity index (χ2n) is 6.14. The summed E-state index contributed by atoms with van der Waals surface area (Å²) in [6.45, 7) is 0.391. The summed E-state index contributed by atoms with van der Waals surface area (Å²) in [6, 6.07) is 11.9. The number of nitrogens with zero attached hydrogens (tertiary/aromatic N) is 3. The minimum atomic E-state index is -0.301. The second-order valence-corrected chi connectivity index (χ2v) is 6.14. The van der Waals surface area contributed by atoms with E-state index in [0.29, 0.717) is 24.1 Å². The molecule has 4 rings (SSSR count). The number of carbonyl (C=O) groups excluding carboxylic acids is 1. The molecule has 2 N–H and O–H groups in total. The summed E-state index contributed by atoms with van der Waals surface area (Å²) in [5, 5.41) is 2.81. The Bertz CT molecular complexity index is 1080. The van der Waals surface area contributed by atoms with Gasteiger partial charge in [-0.3, -0.25) is 9.78 Å². The summed E-state index contributed by atoms with van der Waals surface area (Å²) in [5.41, 5.74) is 4.04. The van der Waals surface area contributed by atoms with Gasteiger partial charge in [-0.15, -0.1) is 0 Å². The fraction of sp³-hybridized carbons (Fsp3) is 0.100. The van der Waals surface area contributed by atoms with Gasteiger partial charge in [-0.2, -0.15) is 0 Å². The summed E-state index contributed by atoms with van der Waals surface area (Å²) in [5.74, 6) is -0.348. The number of rotatable bonds is 5. The Balaban J connectivity index is 1.48. The third-order valence-electron chi connectivity index (χ3n) is 4.13. The Morgan fingerprint density at radius 2 is 1.81 bits per heavy atom. The van der Waals surface area contributed by atoms with Gasteiger partial charge >= 0.3 is 0 Å². The van der Waals surface area contributed by atoms with Crippen molar-refractivity contribution in [3.63, 3.8) is 0 Å². The Morgan fingerprint density at radius 3 is 2.59 bits per heavy atom. The highest BCUT2D eigenvalue weighted by atomic mass is 19.1. The maximum Gasteiger partial charge on any atom is 0.287 e. The predicted octanol–water partition coefficient (Wildman–Crippen LogP) is 3.01. The average molecular weight is 361 g/mol. The second kappa shape index (κ2) is 7.33. The van der Waals surface area contributed by atoms with E-state index in [1.807, 2.05) is 18.2 Å². The van der Waals surface area contributed by atoms with Crippen molar-refractivity contribution < 1.29 is 9.18 Å². The minimum absolute atomic E-state index is 0.213. The number of fused-ring (bicyclic) bond motifs is 1. The van der Waals surface area contributed by atoms with Gasteiger partial charge in [0.2, 0.25) is 0 Å². The van der Waals surface area contributed by atoms with Crippen LogP contribution in [0, 0.1) is 5.82 Å². The van der Waals surface area contributed by atoms with Gasteiger partial charge < -0.3 is 10.3 Å². The smallest absolute Gasteiger partial charge is 0.287 e. The number of aromatic amines is 1. The fourth-order valence-electron chi connectivity index (χ4n) is 2.75. The Kier molecular flexibility index (Phi) is 4.57. The molecule has 7 heteroatoms. The van der Waals surface area contributed by atoms with Gasteiger partial charge in [-0.1, -0.05) is 12.1 Å². The van der Waals surface area contributed by atoms with E-state index >= 15 is 0 Å². The van der Waals surface area contributed by atoms with Crippen LogP contribution >= 0.6 is 0 Å². The van der Waals surface area contributed by atoms with Gasteiger partial charge in [0, 0.05) is 25.1 Å². The van der Waals surface area contributed by atoms with Crippen LogP contribution in [-0.4, -0.2) is 25.8 Å². The SMILES string of the molecule is O=C(NCc1ccncc1)c1nc2ncc(Cc3ccc(F)cc3)cc2[nH]1. The van der Waals surface area contributed by atoms with Crippen LogP contribution in [0.2, 0.25) is 0 Å². The molecule has 3 heterocycles. The van der Waals surface area contributed by atoms with Crippen LogP contribution in [0.1, 0.15) is 27.3 Å². The number of carbonyl (C=O) groups is 1. The van der Waals surface area contributed by atoms with Gasteiger partial charge in [0.25, 0.3) is 5.91 Å². The number of H-pyrrole nitrogens is 1. The van der Waals surface area contributed by atoms with Crippen molar-refractivity contribution in [3.8, 4) is 0 Å². The number of nitrogens with one attached hydrogen (secondary N) is 2. The van der Waals surface area contributed by atoms with E-state index in [-0.39, 0.29) is 17.5 Å². The number of pyridine rings is 2. The molecule has 0 bridgehead atoms. The molecule has 0 aliphatic rings. The maximum atomic E-state index is 13.0. The van der Waals surface area contributed by atoms with Crippen LogP contribution in [0.25, 0.3) is 11.2 Å². The van der Waals surface area contributed by atoms with E-state index in [2.05, 4.69) is 25.3 Å². The molecule has 4 aromatic rings. The predicted molar refractivity (Wildman–Crippen MR) is 98.5 cm³/mol. The first kappa shape index (κ1) is 16.8. The standard InChI is InChI=1S/C20H16FN5O/c21-16-3-1-13(2-4-16)9-15-10-17-18(23-12-15)26-19(25-17)20(27)24-11-14-5-7-22-8-6-14/h1-8,10,12H,9,11H2,(H,24,27)(H,23,25,26). The molecule has 0 saturated carbocycles. The summed E-state index contributed by atoms with van der Waals surface area (Å²) in [4.78, 5) is 27.8. The number of hydrogen-bond acceptors (Lipinski definition) is 4. The van der Waals surface area contributed by atoms with Crippen LogP contribution in [0.15, 0.2) is 61.1 Å². The first-order valence-corrected chi connectivity index (χ1v) is 8.43. The van der Waals surface area contributed by atoms with Crippen LogP contribution in [0.3, 0.4) is 0 Å². The highest BCUT2D eigenvalue weighted by Gasteiger charge is 2.12. The molecule has 0 unspecified atom stereocenters. The largest absolute Gasteiger partial charge is 0.345 e. The Hall–Kier alpha value is -3.61. The van der Waals surface area contributed by atoms with Crippen molar-refractivity contribution in [2.45, 2.75) is 13.0 Å². The van der Waals surface area contributed by atoms with E-state index < -0.39 is 0 Å². The molecular formula is C20H16FN5O. The van der Waals surface area contributed by atoms with Crippen LogP contribution < -0.4 is 5.32 Å². The number of halogens is 1. The lowest BCUT2D eigenvalue weighted by Gasteiger charge is -2.02. The average Bonchev–Trinajstić information content (AvgIpc) is 3.12. The zero-order valence-electron chi connectivity index (χ0n) is 14.3. The van der Waals surface area contributed by atoms with E-state index in [9.17, 15) is 9.18 Å². The normalized spacial score (nSPS) is 10.9. The molecule has 0 fully saturated rings. The van der Waals surface area contributed by atoms with Gasteiger partial charge in [0.1, 0.15) is 5.82 Å². The first-order valence-electron chi connectivity index (χ1n) is 8.43.